The second-order valence-corrected chi connectivity index (χ2v) is 4.08. The Morgan fingerprint density at radius 3 is 2.32 bits per heavy atom. The Balaban J connectivity index is 3.53. The summed E-state index contributed by atoms with van der Waals surface area (Å²) < 4.78 is 43.3. The number of benzene rings is 1. The number of aryl methyl sites for hydroxylation is 1. The number of nitriles is 1. The van der Waals surface area contributed by atoms with E-state index in [1.165, 1.54) is 19.1 Å². The third kappa shape index (κ3) is 2.61. The van der Waals surface area contributed by atoms with Crippen molar-refractivity contribution in [1.82, 2.24) is 0 Å². The quantitative estimate of drug-likeness (QED) is 0.849. The Kier molecular flexibility index (Phi) is 4.01. The first-order chi connectivity index (χ1) is 8.69. The summed E-state index contributed by atoms with van der Waals surface area (Å²) in [6.07, 6.45) is -4.55. The number of halogens is 3. The Morgan fingerprint density at radius 1 is 1.37 bits per heavy atom. The highest BCUT2D eigenvalue weighted by molar-refractivity contribution is 5.89. The van der Waals surface area contributed by atoms with Gasteiger partial charge >= 0.3 is 6.18 Å². The van der Waals surface area contributed by atoms with Crippen LogP contribution in [-0.2, 0) is 21.3 Å². The maximum Gasteiger partial charge on any atom is 0.416 e. The summed E-state index contributed by atoms with van der Waals surface area (Å²) in [4.78, 5) is 11.5. The highest BCUT2D eigenvalue weighted by atomic mass is 19.4. The zero-order valence-electron chi connectivity index (χ0n) is 10.6. The van der Waals surface area contributed by atoms with Crippen LogP contribution in [0, 0.1) is 18.3 Å². The Hall–Kier alpha value is -1.87. The van der Waals surface area contributed by atoms with Gasteiger partial charge in [-0.25, -0.2) is 0 Å². The largest absolute Gasteiger partial charge is 0.416 e. The van der Waals surface area contributed by atoms with E-state index < -0.39 is 23.1 Å². The van der Waals surface area contributed by atoms with Crippen molar-refractivity contribution in [2.75, 3.05) is 7.11 Å². The lowest BCUT2D eigenvalue weighted by Gasteiger charge is -2.23. The summed E-state index contributed by atoms with van der Waals surface area (Å²) in [6, 6.07) is 4.93. The summed E-state index contributed by atoms with van der Waals surface area (Å²) in [5.74, 6) is -0.672. The van der Waals surface area contributed by atoms with Gasteiger partial charge in [-0.2, -0.15) is 18.4 Å². The van der Waals surface area contributed by atoms with E-state index in [1.54, 1.807) is 6.07 Å². The first kappa shape index (κ1) is 15.2. The van der Waals surface area contributed by atoms with Crippen LogP contribution in [0.2, 0.25) is 0 Å². The van der Waals surface area contributed by atoms with E-state index in [4.69, 9.17) is 10.00 Å². The number of hydrogen-bond acceptors (Lipinski definition) is 3. The highest BCUT2D eigenvalue weighted by Crippen LogP contribution is 2.35. The molecule has 19 heavy (non-hydrogen) atoms. The van der Waals surface area contributed by atoms with Gasteiger partial charge in [0.1, 0.15) is 6.07 Å². The van der Waals surface area contributed by atoms with Gasteiger partial charge in [-0.1, -0.05) is 12.1 Å². The summed E-state index contributed by atoms with van der Waals surface area (Å²) in [7, 11) is 1.11. The van der Waals surface area contributed by atoms with Crippen LogP contribution < -0.4 is 0 Å². The molecular weight excluding hydrogens is 259 g/mol. The number of ketones is 1. The van der Waals surface area contributed by atoms with Gasteiger partial charge in [0.2, 0.25) is 5.60 Å². The molecule has 0 saturated heterocycles. The first-order valence-electron chi connectivity index (χ1n) is 5.35. The smallest absolute Gasteiger partial charge is 0.353 e. The molecular formula is C13H12F3NO2. The molecule has 0 bridgehead atoms. The first-order valence-corrected chi connectivity index (χ1v) is 5.35. The van der Waals surface area contributed by atoms with Crippen molar-refractivity contribution in [1.29, 1.82) is 5.26 Å². The Labute approximate surface area is 108 Å². The highest BCUT2D eigenvalue weighted by Gasteiger charge is 2.40. The Morgan fingerprint density at radius 2 is 1.95 bits per heavy atom. The number of carbonyl (C=O) groups excluding carboxylic acids is 1. The summed E-state index contributed by atoms with van der Waals surface area (Å²) >= 11 is 0. The molecule has 1 rings (SSSR count). The standard InChI is InChI=1S/C13H12F3NO2/c1-8-4-5-10(6-11(8)13(14,15)16)12(7-17,19-3)9(2)18/h4-6H,1-3H3. The zero-order valence-corrected chi connectivity index (χ0v) is 10.6. The van der Waals surface area contributed by atoms with Gasteiger partial charge in [-0.3, -0.25) is 4.79 Å². The number of ether oxygens (including phenoxy) is 1. The molecule has 1 aromatic carbocycles. The molecule has 0 aliphatic rings. The molecule has 1 unspecified atom stereocenters. The van der Waals surface area contributed by atoms with Gasteiger partial charge in [0.25, 0.3) is 0 Å². The van der Waals surface area contributed by atoms with Gasteiger partial charge in [0.15, 0.2) is 5.78 Å². The monoisotopic (exact) mass is 271 g/mol. The molecule has 0 radical (unpaired) electrons. The topological polar surface area (TPSA) is 50.1 Å². The van der Waals surface area contributed by atoms with Crippen LogP contribution in [0.25, 0.3) is 0 Å². The fourth-order valence-electron chi connectivity index (χ4n) is 1.80. The van der Waals surface area contributed by atoms with E-state index in [1.807, 2.05) is 0 Å². The fourth-order valence-corrected chi connectivity index (χ4v) is 1.80. The molecule has 0 heterocycles. The number of methoxy groups -OCH3 is 1. The molecule has 0 aliphatic carbocycles. The minimum absolute atomic E-state index is 0.0164. The number of carbonyl (C=O) groups is 1. The summed E-state index contributed by atoms with van der Waals surface area (Å²) in [5, 5.41) is 9.09. The second-order valence-electron chi connectivity index (χ2n) is 4.08. The molecule has 102 valence electrons. The number of hydrogen-bond donors (Lipinski definition) is 0. The van der Waals surface area contributed by atoms with Crippen LogP contribution in [0.3, 0.4) is 0 Å². The minimum atomic E-state index is -4.55. The van der Waals surface area contributed by atoms with E-state index in [0.717, 1.165) is 20.1 Å². The second kappa shape index (κ2) is 5.02. The molecule has 0 fully saturated rings. The number of Topliss-reactive ketones (excluding diaryl/α,β-unsaturated/α-hetero) is 1. The fraction of sp³-hybridized carbons (Fsp3) is 0.385. The molecule has 1 atom stereocenters. The number of nitrogens with zero attached hydrogens (tertiary/aromatic N) is 1. The van der Waals surface area contributed by atoms with Gasteiger partial charge in [-0.15, -0.1) is 0 Å². The molecule has 0 aliphatic heterocycles. The van der Waals surface area contributed by atoms with Crippen LogP contribution in [0.5, 0.6) is 0 Å². The van der Waals surface area contributed by atoms with Crippen LogP contribution in [0.1, 0.15) is 23.6 Å². The van der Waals surface area contributed by atoms with Gasteiger partial charge in [0.05, 0.1) is 5.56 Å². The van der Waals surface area contributed by atoms with Crippen molar-refractivity contribution >= 4 is 5.78 Å². The average molecular weight is 271 g/mol. The predicted octanol–water partition coefficient (Wildman–Crippen LogP) is 2.97. The summed E-state index contributed by atoms with van der Waals surface area (Å²) in [6.45, 7) is 2.40. The number of rotatable bonds is 3. The zero-order chi connectivity index (χ0) is 14.8. The van der Waals surface area contributed by atoms with Crippen molar-refractivity contribution in [2.24, 2.45) is 0 Å². The molecule has 0 spiro atoms. The van der Waals surface area contributed by atoms with Crippen molar-refractivity contribution in [2.45, 2.75) is 25.6 Å². The van der Waals surface area contributed by atoms with Gasteiger partial charge in [-0.05, 0) is 25.5 Å². The van der Waals surface area contributed by atoms with Crippen molar-refractivity contribution in [3.63, 3.8) is 0 Å². The maximum absolute atomic E-state index is 12.8. The number of alkyl halides is 3. The van der Waals surface area contributed by atoms with E-state index in [9.17, 15) is 18.0 Å². The lowest BCUT2D eigenvalue weighted by atomic mass is 9.89. The molecule has 0 amide bonds. The molecule has 6 heteroatoms. The molecule has 3 nitrogen and oxygen atoms in total. The van der Waals surface area contributed by atoms with Crippen LogP contribution in [0.4, 0.5) is 13.2 Å². The third-order valence-electron chi connectivity index (χ3n) is 2.91. The predicted molar refractivity (Wildman–Crippen MR) is 61.2 cm³/mol. The summed E-state index contributed by atoms with van der Waals surface area (Å²) in [5.41, 5.74) is -3.00. The van der Waals surface area contributed by atoms with Crippen molar-refractivity contribution in [3.05, 3.63) is 34.9 Å². The van der Waals surface area contributed by atoms with E-state index in [2.05, 4.69) is 0 Å². The Bertz CT molecular complexity index is 546. The van der Waals surface area contributed by atoms with Crippen LogP contribution in [0.15, 0.2) is 18.2 Å². The van der Waals surface area contributed by atoms with Crippen LogP contribution in [-0.4, -0.2) is 12.9 Å². The average Bonchev–Trinajstić information content (AvgIpc) is 2.31. The van der Waals surface area contributed by atoms with Crippen molar-refractivity contribution in [3.8, 4) is 6.07 Å². The lowest BCUT2D eigenvalue weighted by Crippen LogP contribution is -2.35. The van der Waals surface area contributed by atoms with E-state index in [-0.39, 0.29) is 11.1 Å². The van der Waals surface area contributed by atoms with Gasteiger partial charge < -0.3 is 4.74 Å². The van der Waals surface area contributed by atoms with E-state index in [0.29, 0.717) is 0 Å². The van der Waals surface area contributed by atoms with Crippen LogP contribution >= 0.6 is 0 Å². The molecule has 0 saturated carbocycles. The minimum Gasteiger partial charge on any atom is -0.353 e. The molecule has 0 N–H and O–H groups in total. The lowest BCUT2D eigenvalue weighted by molar-refractivity contribution is -0.139. The van der Waals surface area contributed by atoms with E-state index >= 15 is 0 Å². The molecule has 1 aromatic rings. The van der Waals surface area contributed by atoms with Gasteiger partial charge in [0, 0.05) is 12.7 Å². The SMILES string of the molecule is COC(C#N)(C(C)=O)c1ccc(C)c(C(F)(F)F)c1. The normalized spacial score (nSPS) is 14.6. The maximum atomic E-state index is 12.8. The third-order valence-corrected chi connectivity index (χ3v) is 2.91. The molecule has 0 aromatic heterocycles. The van der Waals surface area contributed by atoms with Crippen molar-refractivity contribution < 1.29 is 22.7 Å².